The van der Waals surface area contributed by atoms with Crippen LogP contribution < -0.4 is 10.6 Å². The molecule has 0 radical (unpaired) electrons. The Hall–Kier alpha value is -1.55. The standard InChI is InChI=1S/C15H25N3O/c1-5-18(6-2)15(19)17-14-9-7-8-13(10-14)11-16-12(3)4/h7-10,12,16H,5-6,11H2,1-4H3,(H,17,19). The molecule has 2 amide bonds. The number of hydrogen-bond donors (Lipinski definition) is 2. The molecular formula is C15H25N3O. The summed E-state index contributed by atoms with van der Waals surface area (Å²) in [6.07, 6.45) is 0. The lowest BCUT2D eigenvalue weighted by molar-refractivity contribution is 0.217. The molecule has 0 heterocycles. The van der Waals surface area contributed by atoms with E-state index in [2.05, 4.69) is 30.5 Å². The molecule has 1 aromatic rings. The summed E-state index contributed by atoms with van der Waals surface area (Å²) in [5, 5.41) is 6.30. The third-order valence-electron chi connectivity index (χ3n) is 2.94. The van der Waals surface area contributed by atoms with Crippen LogP contribution in [0.1, 0.15) is 33.3 Å². The molecule has 0 spiro atoms. The first-order valence-corrected chi connectivity index (χ1v) is 6.95. The first-order valence-electron chi connectivity index (χ1n) is 6.95. The maximum Gasteiger partial charge on any atom is 0.321 e. The average molecular weight is 263 g/mol. The van der Waals surface area contributed by atoms with Gasteiger partial charge in [0.1, 0.15) is 0 Å². The highest BCUT2D eigenvalue weighted by molar-refractivity contribution is 5.89. The minimum Gasteiger partial charge on any atom is -0.325 e. The molecule has 0 unspecified atom stereocenters. The van der Waals surface area contributed by atoms with E-state index in [0.29, 0.717) is 6.04 Å². The van der Waals surface area contributed by atoms with Crippen LogP contribution in [-0.2, 0) is 6.54 Å². The minimum absolute atomic E-state index is 0.0426. The van der Waals surface area contributed by atoms with Gasteiger partial charge in [0.15, 0.2) is 0 Å². The molecule has 4 nitrogen and oxygen atoms in total. The van der Waals surface area contributed by atoms with Crippen molar-refractivity contribution in [2.75, 3.05) is 18.4 Å². The summed E-state index contributed by atoms with van der Waals surface area (Å²) in [5.41, 5.74) is 2.02. The van der Waals surface area contributed by atoms with E-state index in [1.807, 2.05) is 32.0 Å². The Morgan fingerprint density at radius 2 is 1.95 bits per heavy atom. The van der Waals surface area contributed by atoms with Crippen LogP contribution in [0.4, 0.5) is 10.5 Å². The van der Waals surface area contributed by atoms with Crippen molar-refractivity contribution in [3.63, 3.8) is 0 Å². The number of benzene rings is 1. The van der Waals surface area contributed by atoms with E-state index in [4.69, 9.17) is 0 Å². The topological polar surface area (TPSA) is 44.4 Å². The SMILES string of the molecule is CCN(CC)C(=O)Nc1cccc(CNC(C)C)c1. The second-order valence-electron chi connectivity index (χ2n) is 4.84. The van der Waals surface area contributed by atoms with Gasteiger partial charge in [-0.1, -0.05) is 26.0 Å². The molecule has 0 aliphatic carbocycles. The van der Waals surface area contributed by atoms with E-state index in [-0.39, 0.29) is 6.03 Å². The van der Waals surface area contributed by atoms with Gasteiger partial charge in [-0.05, 0) is 31.5 Å². The monoisotopic (exact) mass is 263 g/mol. The van der Waals surface area contributed by atoms with Gasteiger partial charge in [0.05, 0.1) is 0 Å². The molecule has 4 heteroatoms. The van der Waals surface area contributed by atoms with E-state index in [0.717, 1.165) is 25.3 Å². The van der Waals surface area contributed by atoms with Crippen LogP contribution in [0.2, 0.25) is 0 Å². The summed E-state index contributed by atoms with van der Waals surface area (Å²) in [6, 6.07) is 8.36. The van der Waals surface area contributed by atoms with E-state index in [1.165, 1.54) is 5.56 Å². The Morgan fingerprint density at radius 1 is 1.26 bits per heavy atom. The van der Waals surface area contributed by atoms with Gasteiger partial charge in [-0.3, -0.25) is 0 Å². The number of carbonyl (C=O) groups is 1. The third-order valence-corrected chi connectivity index (χ3v) is 2.94. The predicted molar refractivity (Wildman–Crippen MR) is 80.4 cm³/mol. The number of rotatable bonds is 6. The van der Waals surface area contributed by atoms with Gasteiger partial charge in [-0.2, -0.15) is 0 Å². The summed E-state index contributed by atoms with van der Waals surface area (Å²) < 4.78 is 0. The summed E-state index contributed by atoms with van der Waals surface area (Å²) in [6.45, 7) is 10.4. The zero-order valence-electron chi connectivity index (χ0n) is 12.4. The molecule has 0 saturated carbocycles. The van der Waals surface area contributed by atoms with Crippen molar-refractivity contribution in [1.29, 1.82) is 0 Å². The van der Waals surface area contributed by atoms with Crippen LogP contribution in [0.15, 0.2) is 24.3 Å². The van der Waals surface area contributed by atoms with Gasteiger partial charge in [0.25, 0.3) is 0 Å². The van der Waals surface area contributed by atoms with Crippen molar-refractivity contribution < 1.29 is 4.79 Å². The molecule has 0 saturated heterocycles. The Kier molecular flexibility index (Phi) is 6.36. The molecule has 2 N–H and O–H groups in total. The summed E-state index contributed by atoms with van der Waals surface area (Å²) in [7, 11) is 0. The minimum atomic E-state index is -0.0426. The first-order chi connectivity index (χ1) is 9.06. The van der Waals surface area contributed by atoms with Crippen molar-refractivity contribution >= 4 is 11.7 Å². The molecule has 0 aliphatic heterocycles. The van der Waals surface area contributed by atoms with Gasteiger partial charge in [0, 0.05) is 31.4 Å². The Morgan fingerprint density at radius 3 is 2.53 bits per heavy atom. The fraction of sp³-hybridized carbons (Fsp3) is 0.533. The van der Waals surface area contributed by atoms with Crippen LogP contribution >= 0.6 is 0 Å². The molecule has 106 valence electrons. The van der Waals surface area contributed by atoms with Crippen molar-refractivity contribution in [2.45, 2.75) is 40.3 Å². The molecule has 0 atom stereocenters. The van der Waals surface area contributed by atoms with Gasteiger partial charge in [-0.25, -0.2) is 4.79 Å². The first kappa shape index (κ1) is 15.5. The summed E-state index contributed by atoms with van der Waals surface area (Å²) in [4.78, 5) is 13.7. The lowest BCUT2D eigenvalue weighted by Gasteiger charge is -2.19. The van der Waals surface area contributed by atoms with E-state index < -0.39 is 0 Å². The maximum atomic E-state index is 12.0. The molecular weight excluding hydrogens is 238 g/mol. The molecule has 19 heavy (non-hydrogen) atoms. The zero-order chi connectivity index (χ0) is 14.3. The molecule has 0 aromatic heterocycles. The van der Waals surface area contributed by atoms with E-state index in [1.54, 1.807) is 4.90 Å². The fourth-order valence-corrected chi connectivity index (χ4v) is 1.79. The lowest BCUT2D eigenvalue weighted by Crippen LogP contribution is -2.34. The highest BCUT2D eigenvalue weighted by Crippen LogP contribution is 2.11. The number of amides is 2. The number of nitrogens with one attached hydrogen (secondary N) is 2. The zero-order valence-corrected chi connectivity index (χ0v) is 12.4. The number of carbonyl (C=O) groups excluding carboxylic acids is 1. The smallest absolute Gasteiger partial charge is 0.321 e. The average Bonchev–Trinajstić information content (AvgIpc) is 2.38. The molecule has 1 aromatic carbocycles. The van der Waals surface area contributed by atoms with Gasteiger partial charge in [0.2, 0.25) is 0 Å². The Bertz CT molecular complexity index is 400. The van der Waals surface area contributed by atoms with Crippen LogP contribution in [0.25, 0.3) is 0 Å². The van der Waals surface area contributed by atoms with Crippen molar-refractivity contribution in [2.24, 2.45) is 0 Å². The van der Waals surface area contributed by atoms with Crippen LogP contribution in [0.5, 0.6) is 0 Å². The number of hydrogen-bond acceptors (Lipinski definition) is 2. The van der Waals surface area contributed by atoms with Crippen LogP contribution in [0.3, 0.4) is 0 Å². The quantitative estimate of drug-likeness (QED) is 0.828. The summed E-state index contributed by atoms with van der Waals surface area (Å²) in [5.74, 6) is 0. The van der Waals surface area contributed by atoms with Gasteiger partial charge >= 0.3 is 6.03 Å². The summed E-state index contributed by atoms with van der Waals surface area (Å²) >= 11 is 0. The highest BCUT2D eigenvalue weighted by Gasteiger charge is 2.09. The second kappa shape index (κ2) is 7.79. The fourth-order valence-electron chi connectivity index (χ4n) is 1.79. The lowest BCUT2D eigenvalue weighted by atomic mass is 10.2. The van der Waals surface area contributed by atoms with Gasteiger partial charge in [-0.15, -0.1) is 0 Å². The van der Waals surface area contributed by atoms with Crippen LogP contribution in [0, 0.1) is 0 Å². The van der Waals surface area contributed by atoms with E-state index >= 15 is 0 Å². The van der Waals surface area contributed by atoms with Crippen LogP contribution in [-0.4, -0.2) is 30.1 Å². The van der Waals surface area contributed by atoms with Crippen molar-refractivity contribution in [3.8, 4) is 0 Å². The van der Waals surface area contributed by atoms with Crippen molar-refractivity contribution in [1.82, 2.24) is 10.2 Å². The number of anilines is 1. The molecule has 0 aliphatic rings. The number of nitrogens with zero attached hydrogens (tertiary/aromatic N) is 1. The molecule has 1 rings (SSSR count). The third kappa shape index (κ3) is 5.30. The maximum absolute atomic E-state index is 12.0. The predicted octanol–water partition coefficient (Wildman–Crippen LogP) is 3.06. The number of urea groups is 1. The molecule has 0 bridgehead atoms. The second-order valence-corrected chi connectivity index (χ2v) is 4.84. The Labute approximate surface area is 116 Å². The van der Waals surface area contributed by atoms with Gasteiger partial charge < -0.3 is 15.5 Å². The van der Waals surface area contributed by atoms with Crippen molar-refractivity contribution in [3.05, 3.63) is 29.8 Å². The molecule has 0 fully saturated rings. The normalized spacial score (nSPS) is 10.6. The Balaban J connectivity index is 2.63. The largest absolute Gasteiger partial charge is 0.325 e. The van der Waals surface area contributed by atoms with E-state index in [9.17, 15) is 4.79 Å². The highest BCUT2D eigenvalue weighted by atomic mass is 16.2.